The number of imidazole rings is 2. The number of halogens is 3. The number of carbonyl (C=O) groups is 1. The third-order valence-electron chi connectivity index (χ3n) is 6.57. The molecule has 1 amide bonds. The molecule has 4 heterocycles. The molecule has 12 heteroatoms. The van der Waals surface area contributed by atoms with Crippen LogP contribution in [-0.2, 0) is 4.79 Å². The Kier molecular flexibility index (Phi) is 4.74. The molecule has 0 unspecified atom stereocenters. The zero-order valence-corrected chi connectivity index (χ0v) is 20.1. The first-order valence-corrected chi connectivity index (χ1v) is 12.3. The van der Waals surface area contributed by atoms with Crippen molar-refractivity contribution in [2.45, 2.75) is 26.2 Å². The average molecular weight is 536 g/mol. The highest BCUT2D eigenvalue weighted by Gasteiger charge is 2.47. The Morgan fingerprint density at radius 3 is 2.61 bits per heavy atom. The molecular formula is C21H20BrF2N7OS. The number of anilines is 1. The van der Waals surface area contributed by atoms with Crippen LogP contribution in [0, 0.1) is 5.41 Å². The monoisotopic (exact) mass is 535 g/mol. The smallest absolute Gasteiger partial charge is 0.291 e. The number of alkyl halides is 2. The van der Waals surface area contributed by atoms with Gasteiger partial charge in [0.05, 0.1) is 16.7 Å². The lowest BCUT2D eigenvalue weighted by Crippen LogP contribution is -2.50. The second-order valence-electron chi connectivity index (χ2n) is 8.79. The first kappa shape index (κ1) is 21.0. The van der Waals surface area contributed by atoms with Crippen LogP contribution in [0.25, 0.3) is 21.9 Å². The van der Waals surface area contributed by atoms with Crippen molar-refractivity contribution in [3.8, 4) is 5.13 Å². The Balaban J connectivity index is 1.42. The summed E-state index contributed by atoms with van der Waals surface area (Å²) in [6, 6.07) is 3.99. The van der Waals surface area contributed by atoms with Gasteiger partial charge in [0.15, 0.2) is 5.01 Å². The summed E-state index contributed by atoms with van der Waals surface area (Å²) in [5.74, 6) is 0.840. The van der Waals surface area contributed by atoms with Gasteiger partial charge in [0.1, 0.15) is 0 Å². The quantitative estimate of drug-likeness (QED) is 0.390. The molecule has 1 aliphatic carbocycles. The van der Waals surface area contributed by atoms with Crippen molar-refractivity contribution in [3.63, 3.8) is 0 Å². The molecule has 1 saturated heterocycles. The van der Waals surface area contributed by atoms with Crippen LogP contribution < -0.4 is 4.90 Å². The van der Waals surface area contributed by atoms with Gasteiger partial charge >= 0.3 is 0 Å². The molecule has 1 saturated carbocycles. The van der Waals surface area contributed by atoms with Crippen molar-refractivity contribution < 1.29 is 13.6 Å². The van der Waals surface area contributed by atoms with Gasteiger partial charge < -0.3 is 9.80 Å². The van der Waals surface area contributed by atoms with Crippen LogP contribution in [0.3, 0.4) is 0 Å². The highest BCUT2D eigenvalue weighted by Crippen LogP contribution is 2.46. The van der Waals surface area contributed by atoms with Gasteiger partial charge in [0.2, 0.25) is 16.8 Å². The SMILES string of the molecule is CC1(C(=O)N2CCN(c3cc(Br)cc4c3n3ccnc3n4-c3nnc(C(F)F)s3)CC2)CC1. The highest BCUT2D eigenvalue weighted by atomic mass is 79.9. The van der Waals surface area contributed by atoms with Crippen LogP contribution in [0.5, 0.6) is 0 Å². The summed E-state index contributed by atoms with van der Waals surface area (Å²) in [4.78, 5) is 21.5. The maximum atomic E-state index is 13.2. The second kappa shape index (κ2) is 7.45. The number of nitrogens with zero attached hydrogens (tertiary/aromatic N) is 7. The van der Waals surface area contributed by atoms with Gasteiger partial charge in [0.25, 0.3) is 6.43 Å². The van der Waals surface area contributed by atoms with Crippen molar-refractivity contribution in [1.82, 2.24) is 29.0 Å². The largest absolute Gasteiger partial charge is 0.366 e. The molecule has 0 atom stereocenters. The van der Waals surface area contributed by atoms with E-state index in [2.05, 4.69) is 42.1 Å². The molecule has 0 spiro atoms. The van der Waals surface area contributed by atoms with Gasteiger partial charge in [-0.25, -0.2) is 13.8 Å². The second-order valence-corrected chi connectivity index (χ2v) is 10.7. The van der Waals surface area contributed by atoms with E-state index in [0.717, 1.165) is 45.4 Å². The summed E-state index contributed by atoms with van der Waals surface area (Å²) in [6.07, 6.45) is 2.81. The maximum Gasteiger partial charge on any atom is 0.291 e. The number of aromatic nitrogens is 5. The minimum Gasteiger partial charge on any atom is -0.366 e. The summed E-state index contributed by atoms with van der Waals surface area (Å²) >= 11 is 4.47. The Morgan fingerprint density at radius 2 is 1.94 bits per heavy atom. The number of hydrogen-bond acceptors (Lipinski definition) is 6. The van der Waals surface area contributed by atoms with Gasteiger partial charge in [-0.15, -0.1) is 10.2 Å². The molecule has 172 valence electrons. The molecular weight excluding hydrogens is 516 g/mol. The third kappa shape index (κ3) is 3.33. The molecule has 33 heavy (non-hydrogen) atoms. The van der Waals surface area contributed by atoms with E-state index in [1.54, 1.807) is 10.8 Å². The van der Waals surface area contributed by atoms with E-state index in [9.17, 15) is 13.6 Å². The zero-order chi connectivity index (χ0) is 22.9. The number of piperazine rings is 1. The van der Waals surface area contributed by atoms with E-state index in [1.807, 2.05) is 28.5 Å². The van der Waals surface area contributed by atoms with Gasteiger partial charge in [-0.3, -0.25) is 13.8 Å². The Bertz CT molecular complexity index is 1380. The van der Waals surface area contributed by atoms with Crippen LogP contribution in [0.4, 0.5) is 14.5 Å². The summed E-state index contributed by atoms with van der Waals surface area (Å²) < 4.78 is 30.9. The Morgan fingerprint density at radius 1 is 1.18 bits per heavy atom. The van der Waals surface area contributed by atoms with E-state index in [4.69, 9.17) is 0 Å². The molecule has 3 aromatic heterocycles. The van der Waals surface area contributed by atoms with Crippen molar-refractivity contribution in [1.29, 1.82) is 0 Å². The minimum absolute atomic E-state index is 0.162. The molecule has 8 nitrogen and oxygen atoms in total. The predicted octanol–water partition coefficient (Wildman–Crippen LogP) is 4.28. The minimum atomic E-state index is -2.67. The van der Waals surface area contributed by atoms with Crippen LogP contribution in [0.15, 0.2) is 29.0 Å². The lowest BCUT2D eigenvalue weighted by atomic mass is 10.1. The van der Waals surface area contributed by atoms with E-state index >= 15 is 0 Å². The molecule has 6 rings (SSSR count). The first-order valence-electron chi connectivity index (χ1n) is 10.7. The Hall–Kier alpha value is -2.60. The standard InChI is InChI=1S/C21H20BrF2N7OS/c1-21(2-3-21)18(32)29-8-6-28(7-9-29)13-10-12(22)11-14-15(13)30-5-4-25-19(30)31(14)20-27-26-17(33-20)16(23)24/h4-5,10-11,16H,2-3,6-9H2,1H3. The topological polar surface area (TPSA) is 71.6 Å². The summed E-state index contributed by atoms with van der Waals surface area (Å²) in [7, 11) is 0. The fourth-order valence-electron chi connectivity index (χ4n) is 4.50. The Labute approximate surface area is 199 Å². The highest BCUT2D eigenvalue weighted by molar-refractivity contribution is 9.10. The van der Waals surface area contributed by atoms with E-state index in [0.29, 0.717) is 37.1 Å². The fraction of sp³-hybridized carbons (Fsp3) is 0.429. The van der Waals surface area contributed by atoms with Crippen LogP contribution in [0.2, 0.25) is 0 Å². The number of carbonyl (C=O) groups excluding carboxylic acids is 1. The predicted molar refractivity (Wildman–Crippen MR) is 124 cm³/mol. The van der Waals surface area contributed by atoms with Gasteiger partial charge in [-0.05, 0) is 25.0 Å². The molecule has 2 fully saturated rings. The summed E-state index contributed by atoms with van der Waals surface area (Å²) in [6.45, 7) is 4.81. The molecule has 1 aliphatic heterocycles. The number of rotatable bonds is 4. The molecule has 1 aromatic carbocycles. The molecule has 4 aromatic rings. The van der Waals surface area contributed by atoms with Gasteiger partial charge in [0, 0.05) is 48.5 Å². The van der Waals surface area contributed by atoms with Crippen molar-refractivity contribution in [2.24, 2.45) is 5.41 Å². The molecule has 0 radical (unpaired) electrons. The summed E-state index contributed by atoms with van der Waals surface area (Å²) in [5, 5.41) is 7.69. The van der Waals surface area contributed by atoms with Gasteiger partial charge in [-0.1, -0.05) is 34.2 Å². The van der Waals surface area contributed by atoms with Crippen LogP contribution >= 0.6 is 27.3 Å². The lowest BCUT2D eigenvalue weighted by Gasteiger charge is -2.37. The van der Waals surface area contributed by atoms with E-state index in [1.165, 1.54) is 0 Å². The first-order chi connectivity index (χ1) is 15.9. The average Bonchev–Trinajstić information content (AvgIpc) is 3.16. The van der Waals surface area contributed by atoms with Crippen molar-refractivity contribution in [3.05, 3.63) is 34.0 Å². The normalized spacial score (nSPS) is 18.1. The zero-order valence-electron chi connectivity index (χ0n) is 17.7. The van der Waals surface area contributed by atoms with Gasteiger partial charge in [-0.2, -0.15) is 0 Å². The van der Waals surface area contributed by atoms with Crippen LogP contribution in [-0.4, -0.2) is 61.1 Å². The van der Waals surface area contributed by atoms with Crippen molar-refractivity contribution in [2.75, 3.05) is 31.1 Å². The van der Waals surface area contributed by atoms with E-state index in [-0.39, 0.29) is 16.3 Å². The lowest BCUT2D eigenvalue weighted by molar-refractivity contribution is -0.136. The summed E-state index contributed by atoms with van der Waals surface area (Å²) in [5.41, 5.74) is 2.53. The molecule has 0 N–H and O–H groups in total. The number of amides is 1. The molecule has 0 bridgehead atoms. The van der Waals surface area contributed by atoms with Crippen molar-refractivity contribution >= 4 is 55.7 Å². The maximum absolute atomic E-state index is 13.2. The number of hydrogen-bond donors (Lipinski definition) is 0. The van der Waals surface area contributed by atoms with Crippen LogP contribution in [0.1, 0.15) is 31.2 Å². The fourth-order valence-corrected chi connectivity index (χ4v) is 5.64. The number of fused-ring (bicyclic) bond motifs is 3. The third-order valence-corrected chi connectivity index (χ3v) is 7.94. The van der Waals surface area contributed by atoms with E-state index < -0.39 is 6.43 Å². The molecule has 2 aliphatic rings. The number of benzene rings is 1.